The molecule has 1 heterocycles. The molecule has 0 aliphatic carbocycles. The number of piperazine rings is 1. The molecule has 1 aliphatic heterocycles. The summed E-state index contributed by atoms with van der Waals surface area (Å²) in [7, 11) is 0. The Morgan fingerprint density at radius 1 is 1.13 bits per heavy atom. The van der Waals surface area contributed by atoms with Crippen molar-refractivity contribution >= 4 is 12.0 Å². The molecule has 0 radical (unpaired) electrons. The molecule has 124 valence electrons. The first-order valence-electron chi connectivity index (χ1n) is 7.70. The van der Waals surface area contributed by atoms with Crippen LogP contribution in [0.2, 0.25) is 0 Å². The third kappa shape index (κ3) is 4.48. The number of hydrogen-bond acceptors (Lipinski definition) is 4. The Morgan fingerprint density at radius 3 is 2.30 bits per heavy atom. The van der Waals surface area contributed by atoms with Crippen LogP contribution in [0.3, 0.4) is 0 Å². The monoisotopic (exact) mass is 318 g/mol. The Hall–Kier alpha value is -2.50. The van der Waals surface area contributed by atoms with Gasteiger partial charge >= 0.3 is 6.09 Å². The van der Waals surface area contributed by atoms with Gasteiger partial charge in [0.2, 0.25) is 0 Å². The number of amides is 2. The number of benzene rings is 1. The predicted molar refractivity (Wildman–Crippen MR) is 86.6 cm³/mol. The van der Waals surface area contributed by atoms with Crippen LogP contribution in [0.1, 0.15) is 17.3 Å². The highest BCUT2D eigenvalue weighted by molar-refractivity contribution is 5.94. The van der Waals surface area contributed by atoms with Gasteiger partial charge in [0.05, 0.1) is 6.61 Å². The summed E-state index contributed by atoms with van der Waals surface area (Å²) in [5, 5.41) is 0. The standard InChI is InChI=1S/C17H22N2O4/c1-3-13-23-15-7-5-14(6-8-15)16(20)18-9-11-19(12-10-18)17(21)22-4-2/h3,5-8H,1,4,9-13H2,2H3. The zero-order valence-corrected chi connectivity index (χ0v) is 13.4. The Labute approximate surface area is 136 Å². The summed E-state index contributed by atoms with van der Waals surface area (Å²) in [6.45, 7) is 8.16. The first kappa shape index (κ1) is 16.9. The average molecular weight is 318 g/mol. The van der Waals surface area contributed by atoms with E-state index in [2.05, 4.69) is 6.58 Å². The van der Waals surface area contributed by atoms with Crippen LogP contribution in [0.15, 0.2) is 36.9 Å². The van der Waals surface area contributed by atoms with Gasteiger partial charge in [-0.1, -0.05) is 12.7 Å². The normalized spacial score (nSPS) is 14.3. The van der Waals surface area contributed by atoms with E-state index in [-0.39, 0.29) is 12.0 Å². The number of nitrogens with zero attached hydrogens (tertiary/aromatic N) is 2. The molecule has 1 aromatic carbocycles. The van der Waals surface area contributed by atoms with E-state index in [1.165, 1.54) is 0 Å². The lowest BCUT2D eigenvalue weighted by Gasteiger charge is -2.34. The van der Waals surface area contributed by atoms with Crippen molar-refractivity contribution in [1.82, 2.24) is 9.80 Å². The molecule has 0 aromatic heterocycles. The van der Waals surface area contributed by atoms with Gasteiger partial charge < -0.3 is 19.3 Å². The third-order valence-electron chi connectivity index (χ3n) is 3.56. The summed E-state index contributed by atoms with van der Waals surface area (Å²) in [5.74, 6) is 0.664. The summed E-state index contributed by atoms with van der Waals surface area (Å²) in [4.78, 5) is 27.5. The van der Waals surface area contributed by atoms with Crippen LogP contribution in [-0.2, 0) is 4.74 Å². The van der Waals surface area contributed by atoms with Gasteiger partial charge in [0.15, 0.2) is 0 Å². The van der Waals surface area contributed by atoms with Crippen molar-refractivity contribution in [2.75, 3.05) is 39.4 Å². The van der Waals surface area contributed by atoms with E-state index in [1.54, 1.807) is 47.1 Å². The van der Waals surface area contributed by atoms with E-state index < -0.39 is 0 Å². The smallest absolute Gasteiger partial charge is 0.409 e. The summed E-state index contributed by atoms with van der Waals surface area (Å²) in [5.41, 5.74) is 0.612. The molecule has 1 aliphatic rings. The highest BCUT2D eigenvalue weighted by Gasteiger charge is 2.25. The lowest BCUT2D eigenvalue weighted by Crippen LogP contribution is -2.50. The Morgan fingerprint density at radius 2 is 1.74 bits per heavy atom. The van der Waals surface area contributed by atoms with E-state index in [9.17, 15) is 9.59 Å². The van der Waals surface area contributed by atoms with Crippen LogP contribution < -0.4 is 4.74 Å². The molecule has 2 amide bonds. The topological polar surface area (TPSA) is 59.1 Å². The fraction of sp³-hybridized carbons (Fsp3) is 0.412. The fourth-order valence-electron chi connectivity index (χ4n) is 2.34. The maximum atomic E-state index is 12.5. The molecule has 1 saturated heterocycles. The summed E-state index contributed by atoms with van der Waals surface area (Å²) in [6, 6.07) is 7.04. The maximum absolute atomic E-state index is 12.5. The van der Waals surface area contributed by atoms with Crippen molar-refractivity contribution in [3.05, 3.63) is 42.5 Å². The van der Waals surface area contributed by atoms with Crippen molar-refractivity contribution in [3.63, 3.8) is 0 Å². The van der Waals surface area contributed by atoms with Gasteiger partial charge in [0.25, 0.3) is 5.91 Å². The second kappa shape index (κ2) is 8.22. The van der Waals surface area contributed by atoms with Gasteiger partial charge in [-0.3, -0.25) is 4.79 Å². The third-order valence-corrected chi connectivity index (χ3v) is 3.56. The number of rotatable bonds is 5. The van der Waals surface area contributed by atoms with Gasteiger partial charge in [-0.2, -0.15) is 0 Å². The molecule has 0 atom stereocenters. The molecule has 0 unspecified atom stereocenters. The Kier molecular flexibility index (Phi) is 6.02. The predicted octanol–water partition coefficient (Wildman–Crippen LogP) is 2.17. The quantitative estimate of drug-likeness (QED) is 0.781. The molecule has 6 nitrogen and oxygen atoms in total. The first-order valence-corrected chi connectivity index (χ1v) is 7.70. The molecule has 2 rings (SSSR count). The van der Waals surface area contributed by atoms with Crippen molar-refractivity contribution in [3.8, 4) is 5.75 Å². The lowest BCUT2D eigenvalue weighted by molar-refractivity contribution is 0.0570. The van der Waals surface area contributed by atoms with Crippen LogP contribution in [-0.4, -0.2) is 61.2 Å². The Bertz CT molecular complexity index is 548. The number of carbonyl (C=O) groups is 2. The second-order valence-electron chi connectivity index (χ2n) is 5.10. The zero-order valence-electron chi connectivity index (χ0n) is 13.4. The molecule has 23 heavy (non-hydrogen) atoms. The van der Waals surface area contributed by atoms with Crippen molar-refractivity contribution in [2.24, 2.45) is 0 Å². The van der Waals surface area contributed by atoms with Crippen LogP contribution in [0.5, 0.6) is 5.75 Å². The number of hydrogen-bond donors (Lipinski definition) is 0. The van der Waals surface area contributed by atoms with Gasteiger partial charge in [0, 0.05) is 31.7 Å². The summed E-state index contributed by atoms with van der Waals surface area (Å²) in [6.07, 6.45) is 1.35. The minimum Gasteiger partial charge on any atom is -0.490 e. The zero-order chi connectivity index (χ0) is 16.7. The molecular formula is C17H22N2O4. The first-order chi connectivity index (χ1) is 11.2. The summed E-state index contributed by atoms with van der Waals surface area (Å²) >= 11 is 0. The minimum absolute atomic E-state index is 0.0382. The molecular weight excluding hydrogens is 296 g/mol. The molecule has 0 saturated carbocycles. The van der Waals surface area contributed by atoms with Crippen LogP contribution in [0, 0.1) is 0 Å². The largest absolute Gasteiger partial charge is 0.490 e. The van der Waals surface area contributed by atoms with Gasteiger partial charge in [-0.05, 0) is 31.2 Å². The maximum Gasteiger partial charge on any atom is 0.409 e. The fourth-order valence-corrected chi connectivity index (χ4v) is 2.34. The van der Waals surface area contributed by atoms with Gasteiger partial charge in [0.1, 0.15) is 12.4 Å². The number of carbonyl (C=O) groups excluding carboxylic acids is 2. The van der Waals surface area contributed by atoms with E-state index in [4.69, 9.17) is 9.47 Å². The van der Waals surface area contributed by atoms with E-state index in [0.29, 0.717) is 50.7 Å². The van der Waals surface area contributed by atoms with E-state index >= 15 is 0 Å². The van der Waals surface area contributed by atoms with Crippen molar-refractivity contribution < 1.29 is 19.1 Å². The molecule has 1 fully saturated rings. The van der Waals surface area contributed by atoms with Gasteiger partial charge in [-0.15, -0.1) is 0 Å². The highest BCUT2D eigenvalue weighted by atomic mass is 16.6. The van der Waals surface area contributed by atoms with Crippen molar-refractivity contribution in [1.29, 1.82) is 0 Å². The average Bonchev–Trinajstić information content (AvgIpc) is 2.60. The van der Waals surface area contributed by atoms with E-state index in [0.717, 1.165) is 0 Å². The summed E-state index contributed by atoms with van der Waals surface area (Å²) < 4.78 is 10.4. The highest BCUT2D eigenvalue weighted by Crippen LogP contribution is 2.15. The minimum atomic E-state index is -0.316. The second-order valence-corrected chi connectivity index (χ2v) is 5.10. The molecule has 6 heteroatoms. The van der Waals surface area contributed by atoms with Gasteiger partial charge in [-0.25, -0.2) is 4.79 Å². The van der Waals surface area contributed by atoms with Crippen LogP contribution in [0.25, 0.3) is 0 Å². The SMILES string of the molecule is C=CCOc1ccc(C(=O)N2CCN(C(=O)OCC)CC2)cc1. The van der Waals surface area contributed by atoms with Crippen molar-refractivity contribution in [2.45, 2.75) is 6.92 Å². The Balaban J connectivity index is 1.89. The molecule has 1 aromatic rings. The lowest BCUT2D eigenvalue weighted by atomic mass is 10.1. The molecule has 0 N–H and O–H groups in total. The number of ether oxygens (including phenoxy) is 2. The molecule has 0 bridgehead atoms. The van der Waals surface area contributed by atoms with E-state index in [1.807, 2.05) is 0 Å². The van der Waals surface area contributed by atoms with Crippen LogP contribution >= 0.6 is 0 Å². The molecule has 0 spiro atoms. The van der Waals surface area contributed by atoms with Crippen LogP contribution in [0.4, 0.5) is 4.79 Å².